The molecule has 1 aliphatic rings. The molecule has 0 aliphatic carbocycles. The van der Waals surface area contributed by atoms with Gasteiger partial charge in [0.1, 0.15) is 6.04 Å². The van der Waals surface area contributed by atoms with Gasteiger partial charge in [-0.2, -0.15) is 0 Å². The second-order valence-corrected chi connectivity index (χ2v) is 5.31. The van der Waals surface area contributed by atoms with Crippen LogP contribution in [0.5, 0.6) is 11.5 Å². The topological polar surface area (TPSA) is 59.0 Å². The average Bonchev–Trinajstić information content (AvgIpc) is 2.76. The monoisotopic (exact) mass is 293 g/mol. The fourth-order valence-electron chi connectivity index (χ4n) is 2.89. The Morgan fingerprint density at radius 3 is 2.24 bits per heavy atom. The van der Waals surface area contributed by atoms with Crippen molar-refractivity contribution in [2.24, 2.45) is 0 Å². The fraction of sp³-hybridized carbons (Fsp3) is 0.562. The van der Waals surface area contributed by atoms with E-state index in [0.717, 1.165) is 31.5 Å². The Balaban J connectivity index is 2.31. The maximum absolute atomic E-state index is 11.8. The Kier molecular flexibility index (Phi) is 5.44. The molecule has 21 heavy (non-hydrogen) atoms. The highest BCUT2D eigenvalue weighted by molar-refractivity contribution is 5.76. The standard InChI is InChI=1S/C16H23NO4/c1-20-13-8-7-12(11-14(13)21-2)15(16(18)19)17-9-5-3-4-6-10-17/h7-8,11,15H,3-6,9-10H2,1-2H3,(H,18,19). The van der Waals surface area contributed by atoms with Crippen molar-refractivity contribution < 1.29 is 19.4 Å². The summed E-state index contributed by atoms with van der Waals surface area (Å²) in [5, 5.41) is 9.65. The van der Waals surface area contributed by atoms with Crippen molar-refractivity contribution in [1.82, 2.24) is 4.90 Å². The quantitative estimate of drug-likeness (QED) is 0.904. The number of hydrogen-bond acceptors (Lipinski definition) is 4. The molecule has 1 aromatic carbocycles. The predicted octanol–water partition coefficient (Wildman–Crippen LogP) is 2.71. The van der Waals surface area contributed by atoms with Crippen LogP contribution in [-0.4, -0.2) is 43.3 Å². The fourth-order valence-corrected chi connectivity index (χ4v) is 2.89. The van der Waals surface area contributed by atoms with E-state index in [1.165, 1.54) is 12.8 Å². The van der Waals surface area contributed by atoms with E-state index >= 15 is 0 Å². The maximum atomic E-state index is 11.8. The number of carbonyl (C=O) groups is 1. The van der Waals surface area contributed by atoms with Crippen molar-refractivity contribution in [3.05, 3.63) is 23.8 Å². The molecule has 2 rings (SSSR count). The van der Waals surface area contributed by atoms with Gasteiger partial charge in [-0.15, -0.1) is 0 Å². The van der Waals surface area contributed by atoms with Gasteiger partial charge < -0.3 is 14.6 Å². The minimum atomic E-state index is -0.816. The first-order chi connectivity index (χ1) is 10.2. The molecule has 1 atom stereocenters. The molecule has 5 heteroatoms. The van der Waals surface area contributed by atoms with Gasteiger partial charge in [-0.1, -0.05) is 18.9 Å². The van der Waals surface area contributed by atoms with E-state index in [1.54, 1.807) is 26.4 Å². The van der Waals surface area contributed by atoms with Crippen LogP contribution in [0.25, 0.3) is 0 Å². The average molecular weight is 293 g/mol. The number of nitrogens with zero attached hydrogens (tertiary/aromatic N) is 1. The zero-order valence-electron chi connectivity index (χ0n) is 12.7. The van der Waals surface area contributed by atoms with E-state index in [2.05, 4.69) is 4.90 Å². The number of rotatable bonds is 5. The Bertz CT molecular complexity index is 481. The molecule has 1 N–H and O–H groups in total. The number of carboxylic acids is 1. The summed E-state index contributed by atoms with van der Waals surface area (Å²) in [6.07, 6.45) is 4.46. The van der Waals surface area contributed by atoms with Crippen LogP contribution in [0, 0.1) is 0 Å². The highest BCUT2D eigenvalue weighted by Crippen LogP contribution is 2.32. The van der Waals surface area contributed by atoms with E-state index in [0.29, 0.717) is 11.5 Å². The molecule has 1 saturated heterocycles. The molecule has 0 spiro atoms. The summed E-state index contributed by atoms with van der Waals surface area (Å²) in [7, 11) is 3.13. The number of ether oxygens (including phenoxy) is 2. The lowest BCUT2D eigenvalue weighted by Gasteiger charge is -2.28. The number of methoxy groups -OCH3 is 2. The van der Waals surface area contributed by atoms with Crippen molar-refractivity contribution in [2.45, 2.75) is 31.7 Å². The molecular weight excluding hydrogens is 270 g/mol. The van der Waals surface area contributed by atoms with E-state index in [1.807, 2.05) is 6.07 Å². The van der Waals surface area contributed by atoms with Gasteiger partial charge in [0, 0.05) is 0 Å². The van der Waals surface area contributed by atoms with Crippen molar-refractivity contribution in [3.8, 4) is 11.5 Å². The minimum Gasteiger partial charge on any atom is -0.493 e. The van der Waals surface area contributed by atoms with Crippen LogP contribution < -0.4 is 9.47 Å². The first-order valence-corrected chi connectivity index (χ1v) is 7.36. The summed E-state index contributed by atoms with van der Waals surface area (Å²) in [6.45, 7) is 1.65. The summed E-state index contributed by atoms with van der Waals surface area (Å²) in [6, 6.07) is 4.72. The van der Waals surface area contributed by atoms with Crippen molar-refractivity contribution in [3.63, 3.8) is 0 Å². The Labute approximate surface area is 125 Å². The summed E-state index contributed by atoms with van der Waals surface area (Å²) < 4.78 is 10.5. The van der Waals surface area contributed by atoms with Crippen LogP contribution in [0.3, 0.4) is 0 Å². The van der Waals surface area contributed by atoms with E-state index in [-0.39, 0.29) is 0 Å². The summed E-state index contributed by atoms with van der Waals surface area (Å²) in [5.41, 5.74) is 0.738. The highest BCUT2D eigenvalue weighted by Gasteiger charge is 2.28. The zero-order chi connectivity index (χ0) is 15.2. The third-order valence-electron chi connectivity index (χ3n) is 3.96. The molecule has 0 aromatic heterocycles. The van der Waals surface area contributed by atoms with E-state index < -0.39 is 12.0 Å². The van der Waals surface area contributed by atoms with Gasteiger partial charge in [0.25, 0.3) is 0 Å². The molecule has 1 unspecified atom stereocenters. The minimum absolute atomic E-state index is 0.566. The van der Waals surface area contributed by atoms with Crippen LogP contribution in [0.15, 0.2) is 18.2 Å². The van der Waals surface area contributed by atoms with Gasteiger partial charge in [0.05, 0.1) is 14.2 Å². The molecular formula is C16H23NO4. The van der Waals surface area contributed by atoms with Crippen molar-refractivity contribution in [1.29, 1.82) is 0 Å². The van der Waals surface area contributed by atoms with Crippen LogP contribution >= 0.6 is 0 Å². The van der Waals surface area contributed by atoms with Gasteiger partial charge in [-0.05, 0) is 43.6 Å². The largest absolute Gasteiger partial charge is 0.493 e. The Morgan fingerprint density at radius 2 is 1.71 bits per heavy atom. The molecule has 1 fully saturated rings. The van der Waals surface area contributed by atoms with E-state index in [9.17, 15) is 9.90 Å². The third kappa shape index (κ3) is 3.67. The molecule has 0 amide bonds. The van der Waals surface area contributed by atoms with Crippen LogP contribution in [-0.2, 0) is 4.79 Å². The molecule has 1 heterocycles. The van der Waals surface area contributed by atoms with Gasteiger partial charge >= 0.3 is 5.97 Å². The molecule has 1 aromatic rings. The third-order valence-corrected chi connectivity index (χ3v) is 3.96. The maximum Gasteiger partial charge on any atom is 0.325 e. The van der Waals surface area contributed by atoms with E-state index in [4.69, 9.17) is 9.47 Å². The predicted molar refractivity (Wildman–Crippen MR) is 80.0 cm³/mol. The summed E-state index contributed by atoms with van der Waals surface area (Å²) in [4.78, 5) is 13.8. The Hall–Kier alpha value is -1.75. The number of carboxylic acid groups (broad SMARTS) is 1. The summed E-state index contributed by atoms with van der Waals surface area (Å²) in [5.74, 6) is 0.362. The smallest absolute Gasteiger partial charge is 0.325 e. The van der Waals surface area contributed by atoms with Crippen molar-refractivity contribution >= 4 is 5.97 Å². The second kappa shape index (κ2) is 7.31. The van der Waals surface area contributed by atoms with Crippen molar-refractivity contribution in [2.75, 3.05) is 27.3 Å². The molecule has 0 bridgehead atoms. The molecule has 5 nitrogen and oxygen atoms in total. The summed E-state index contributed by atoms with van der Waals surface area (Å²) >= 11 is 0. The highest BCUT2D eigenvalue weighted by atomic mass is 16.5. The lowest BCUT2D eigenvalue weighted by Crippen LogP contribution is -2.34. The number of likely N-dealkylation sites (tertiary alicyclic amines) is 1. The lowest BCUT2D eigenvalue weighted by atomic mass is 10.0. The van der Waals surface area contributed by atoms with Crippen LogP contribution in [0.4, 0.5) is 0 Å². The number of benzene rings is 1. The number of aliphatic carboxylic acids is 1. The molecule has 0 radical (unpaired) electrons. The zero-order valence-corrected chi connectivity index (χ0v) is 12.7. The molecule has 116 valence electrons. The van der Waals surface area contributed by atoms with Gasteiger partial charge in [-0.25, -0.2) is 0 Å². The van der Waals surface area contributed by atoms with Crippen LogP contribution in [0.2, 0.25) is 0 Å². The second-order valence-electron chi connectivity index (χ2n) is 5.31. The first kappa shape index (κ1) is 15.6. The SMILES string of the molecule is COc1ccc(C(C(=O)O)N2CCCCCC2)cc1OC. The Morgan fingerprint density at radius 1 is 1.10 bits per heavy atom. The van der Waals surface area contributed by atoms with Gasteiger partial charge in [0.15, 0.2) is 11.5 Å². The molecule has 0 saturated carbocycles. The molecule has 1 aliphatic heterocycles. The number of hydrogen-bond donors (Lipinski definition) is 1. The lowest BCUT2D eigenvalue weighted by molar-refractivity contribution is -0.143. The van der Waals surface area contributed by atoms with Gasteiger partial charge in [-0.3, -0.25) is 9.69 Å². The van der Waals surface area contributed by atoms with Gasteiger partial charge in [0.2, 0.25) is 0 Å². The normalized spacial score (nSPS) is 17.8. The first-order valence-electron chi connectivity index (χ1n) is 7.36. The van der Waals surface area contributed by atoms with Crippen LogP contribution in [0.1, 0.15) is 37.3 Å².